The predicted molar refractivity (Wildman–Crippen MR) is 78.0 cm³/mol. The van der Waals surface area contributed by atoms with Crippen LogP contribution in [0.3, 0.4) is 0 Å². The molecule has 1 aliphatic heterocycles. The van der Waals surface area contributed by atoms with E-state index in [1.165, 1.54) is 0 Å². The van der Waals surface area contributed by atoms with E-state index in [-0.39, 0.29) is 5.91 Å². The van der Waals surface area contributed by atoms with Gasteiger partial charge in [0.05, 0.1) is 0 Å². The minimum atomic E-state index is 0.0979. The number of carbonyl (C=O) groups excluding carboxylic acids is 1. The summed E-state index contributed by atoms with van der Waals surface area (Å²) in [5.41, 5.74) is 8.27. The van der Waals surface area contributed by atoms with Gasteiger partial charge in [-0.15, -0.1) is 0 Å². The first-order valence-electron chi connectivity index (χ1n) is 6.28. The summed E-state index contributed by atoms with van der Waals surface area (Å²) in [6.45, 7) is 7.93. The Morgan fingerprint density at radius 2 is 1.94 bits per heavy atom. The van der Waals surface area contributed by atoms with E-state index in [9.17, 15) is 4.79 Å². The van der Waals surface area contributed by atoms with Crippen molar-refractivity contribution in [3.63, 3.8) is 0 Å². The summed E-state index contributed by atoms with van der Waals surface area (Å²) in [6.07, 6.45) is 0. The van der Waals surface area contributed by atoms with Crippen molar-refractivity contribution >= 4 is 23.4 Å². The van der Waals surface area contributed by atoms with E-state index in [1.54, 1.807) is 6.07 Å². The first-order chi connectivity index (χ1) is 8.47. The molecule has 1 fully saturated rings. The first-order valence-corrected chi connectivity index (χ1v) is 7.22. The van der Waals surface area contributed by atoms with Gasteiger partial charge in [0.25, 0.3) is 5.91 Å². The van der Waals surface area contributed by atoms with Gasteiger partial charge >= 0.3 is 0 Å². The SMILES string of the molecule is Cc1ccc(C(=O)N2CC(C)SC(C)C2)cc1N. The number of nitrogens with zero attached hydrogens (tertiary/aromatic N) is 1. The second-order valence-electron chi connectivity index (χ2n) is 5.04. The van der Waals surface area contributed by atoms with Crippen LogP contribution in [0.2, 0.25) is 0 Å². The summed E-state index contributed by atoms with van der Waals surface area (Å²) < 4.78 is 0. The van der Waals surface area contributed by atoms with Gasteiger partial charge in [0.2, 0.25) is 0 Å². The van der Waals surface area contributed by atoms with Crippen molar-refractivity contribution in [2.24, 2.45) is 0 Å². The molecule has 0 aliphatic carbocycles. The Bertz CT molecular complexity index is 451. The number of rotatable bonds is 1. The summed E-state index contributed by atoms with van der Waals surface area (Å²) in [5, 5.41) is 1.00. The van der Waals surface area contributed by atoms with Gasteiger partial charge in [-0.25, -0.2) is 0 Å². The second-order valence-corrected chi connectivity index (χ2v) is 6.92. The Morgan fingerprint density at radius 3 is 2.50 bits per heavy atom. The molecule has 1 aromatic carbocycles. The van der Waals surface area contributed by atoms with Gasteiger partial charge in [0.15, 0.2) is 0 Å². The lowest BCUT2D eigenvalue weighted by atomic mass is 10.1. The fourth-order valence-corrected chi connectivity index (χ4v) is 3.62. The minimum Gasteiger partial charge on any atom is -0.398 e. The smallest absolute Gasteiger partial charge is 0.254 e. The molecule has 18 heavy (non-hydrogen) atoms. The lowest BCUT2D eigenvalue weighted by Crippen LogP contribution is -2.44. The summed E-state index contributed by atoms with van der Waals surface area (Å²) in [5.74, 6) is 0.0979. The number of aryl methyl sites for hydroxylation is 1. The fourth-order valence-electron chi connectivity index (χ4n) is 2.30. The molecule has 2 unspecified atom stereocenters. The number of thioether (sulfide) groups is 1. The monoisotopic (exact) mass is 264 g/mol. The third kappa shape index (κ3) is 2.80. The Kier molecular flexibility index (Phi) is 3.85. The van der Waals surface area contributed by atoms with Crippen LogP contribution in [-0.2, 0) is 0 Å². The highest BCUT2D eigenvalue weighted by Crippen LogP contribution is 2.26. The molecule has 1 saturated heterocycles. The Labute approximate surface area is 113 Å². The molecule has 1 aliphatic rings. The average Bonchev–Trinajstić information content (AvgIpc) is 2.30. The molecule has 2 atom stereocenters. The Balaban J connectivity index is 2.17. The molecule has 0 spiro atoms. The molecular weight excluding hydrogens is 244 g/mol. The maximum absolute atomic E-state index is 12.4. The van der Waals surface area contributed by atoms with Gasteiger partial charge in [-0.3, -0.25) is 4.79 Å². The third-order valence-corrected chi connectivity index (χ3v) is 4.46. The number of nitrogens with two attached hydrogens (primary N) is 1. The van der Waals surface area contributed by atoms with Crippen LogP contribution in [0.1, 0.15) is 29.8 Å². The predicted octanol–water partition coefficient (Wildman–Crippen LogP) is 2.54. The van der Waals surface area contributed by atoms with Crippen molar-refractivity contribution < 1.29 is 4.79 Å². The Morgan fingerprint density at radius 1 is 1.33 bits per heavy atom. The van der Waals surface area contributed by atoms with Gasteiger partial charge < -0.3 is 10.6 Å². The van der Waals surface area contributed by atoms with Crippen LogP contribution in [0.15, 0.2) is 18.2 Å². The topological polar surface area (TPSA) is 46.3 Å². The van der Waals surface area contributed by atoms with Gasteiger partial charge in [-0.2, -0.15) is 11.8 Å². The van der Waals surface area contributed by atoms with Gasteiger partial charge in [-0.1, -0.05) is 19.9 Å². The maximum Gasteiger partial charge on any atom is 0.254 e. The molecular formula is C14H20N2OS. The molecule has 1 aromatic rings. The van der Waals surface area contributed by atoms with E-state index in [2.05, 4.69) is 13.8 Å². The molecule has 98 valence electrons. The highest BCUT2D eigenvalue weighted by Gasteiger charge is 2.26. The highest BCUT2D eigenvalue weighted by atomic mass is 32.2. The lowest BCUT2D eigenvalue weighted by Gasteiger charge is -2.34. The number of hydrogen-bond acceptors (Lipinski definition) is 3. The number of hydrogen-bond donors (Lipinski definition) is 1. The van der Waals surface area contributed by atoms with Crippen molar-refractivity contribution in [2.45, 2.75) is 31.3 Å². The molecule has 0 aromatic heterocycles. The van der Waals surface area contributed by atoms with Gasteiger partial charge in [0, 0.05) is 34.8 Å². The minimum absolute atomic E-state index is 0.0979. The van der Waals surface area contributed by atoms with Crippen molar-refractivity contribution in [1.29, 1.82) is 0 Å². The molecule has 2 rings (SSSR count). The van der Waals surface area contributed by atoms with Gasteiger partial charge in [0.1, 0.15) is 0 Å². The van der Waals surface area contributed by atoms with E-state index >= 15 is 0 Å². The molecule has 0 bridgehead atoms. The molecule has 1 amide bonds. The molecule has 3 nitrogen and oxygen atoms in total. The number of benzene rings is 1. The van der Waals surface area contributed by atoms with E-state index in [0.717, 1.165) is 18.7 Å². The Hall–Kier alpha value is -1.16. The van der Waals surface area contributed by atoms with Crippen LogP contribution >= 0.6 is 11.8 Å². The van der Waals surface area contributed by atoms with Crippen LogP contribution in [0, 0.1) is 6.92 Å². The summed E-state index contributed by atoms with van der Waals surface area (Å²) >= 11 is 1.94. The zero-order chi connectivity index (χ0) is 13.3. The van der Waals surface area contributed by atoms with Crippen molar-refractivity contribution in [2.75, 3.05) is 18.8 Å². The third-order valence-electron chi connectivity index (χ3n) is 3.23. The van der Waals surface area contributed by atoms with Gasteiger partial charge in [-0.05, 0) is 24.6 Å². The maximum atomic E-state index is 12.4. The molecule has 2 N–H and O–H groups in total. The molecule has 0 saturated carbocycles. The van der Waals surface area contributed by atoms with Crippen molar-refractivity contribution in [3.05, 3.63) is 29.3 Å². The van der Waals surface area contributed by atoms with E-state index in [1.807, 2.05) is 35.7 Å². The molecule has 1 heterocycles. The molecule has 4 heteroatoms. The summed E-state index contributed by atoms with van der Waals surface area (Å²) in [4.78, 5) is 14.4. The van der Waals surface area contributed by atoms with Crippen LogP contribution in [0.4, 0.5) is 5.69 Å². The standard InChI is InChI=1S/C14H20N2OS/c1-9-4-5-12(6-13(9)15)14(17)16-7-10(2)18-11(3)8-16/h4-6,10-11H,7-8,15H2,1-3H3. The van der Waals surface area contributed by atoms with Crippen LogP contribution in [0.25, 0.3) is 0 Å². The molecule has 0 radical (unpaired) electrons. The lowest BCUT2D eigenvalue weighted by molar-refractivity contribution is 0.0753. The first kappa shape index (κ1) is 13.3. The van der Waals surface area contributed by atoms with Crippen molar-refractivity contribution in [3.8, 4) is 0 Å². The fraction of sp³-hybridized carbons (Fsp3) is 0.500. The largest absolute Gasteiger partial charge is 0.398 e. The van der Waals surface area contributed by atoms with E-state index < -0.39 is 0 Å². The van der Waals surface area contributed by atoms with E-state index in [0.29, 0.717) is 21.8 Å². The normalized spacial score (nSPS) is 24.1. The van der Waals surface area contributed by atoms with Crippen LogP contribution in [-0.4, -0.2) is 34.4 Å². The van der Waals surface area contributed by atoms with Crippen LogP contribution in [0.5, 0.6) is 0 Å². The average molecular weight is 264 g/mol. The number of nitrogen functional groups attached to an aromatic ring is 1. The number of anilines is 1. The quantitative estimate of drug-likeness (QED) is 0.793. The summed E-state index contributed by atoms with van der Waals surface area (Å²) in [6, 6.07) is 5.56. The van der Waals surface area contributed by atoms with E-state index in [4.69, 9.17) is 5.73 Å². The van der Waals surface area contributed by atoms with Crippen molar-refractivity contribution in [1.82, 2.24) is 4.90 Å². The number of carbonyl (C=O) groups is 1. The van der Waals surface area contributed by atoms with Crippen LogP contribution < -0.4 is 5.73 Å². The highest BCUT2D eigenvalue weighted by molar-refractivity contribution is 8.00. The zero-order valence-electron chi connectivity index (χ0n) is 11.1. The zero-order valence-corrected chi connectivity index (χ0v) is 12.0. The number of amides is 1. The summed E-state index contributed by atoms with van der Waals surface area (Å²) in [7, 11) is 0. The second kappa shape index (κ2) is 5.22.